The van der Waals surface area contributed by atoms with Crippen LogP contribution in [0.3, 0.4) is 0 Å². The number of carbonyl (C=O) groups is 1. The molecular weight excluding hydrogens is 250 g/mol. The summed E-state index contributed by atoms with van der Waals surface area (Å²) in [4.78, 5) is 14.4. The molecule has 0 atom stereocenters. The first-order valence-electron chi connectivity index (χ1n) is 7.46. The molecule has 0 N–H and O–H groups in total. The number of hydrogen-bond acceptors (Lipinski definition) is 3. The summed E-state index contributed by atoms with van der Waals surface area (Å²) in [5, 5.41) is 0. The second-order valence-electron chi connectivity index (χ2n) is 6.18. The standard InChI is InChI=1S/C17H25NO2/c1-12(2)14-9-13-7-5-6-8-20-17(13)15(10-14)16(19)11-18(3)4/h9-10,12H,5-8,11H2,1-4H3. The average Bonchev–Trinajstić information content (AvgIpc) is 2.61. The maximum Gasteiger partial charge on any atom is 0.180 e. The minimum absolute atomic E-state index is 0.149. The van der Waals surface area contributed by atoms with Gasteiger partial charge in [0.1, 0.15) is 5.75 Å². The van der Waals surface area contributed by atoms with Crippen molar-refractivity contribution in [3.8, 4) is 5.75 Å². The highest BCUT2D eigenvalue weighted by atomic mass is 16.5. The van der Waals surface area contributed by atoms with Gasteiger partial charge in [-0.15, -0.1) is 0 Å². The first-order valence-corrected chi connectivity index (χ1v) is 7.46. The number of nitrogens with zero attached hydrogens (tertiary/aromatic N) is 1. The maximum atomic E-state index is 12.5. The van der Waals surface area contributed by atoms with Gasteiger partial charge in [0, 0.05) is 0 Å². The van der Waals surface area contributed by atoms with Gasteiger partial charge in [0.25, 0.3) is 0 Å². The average molecular weight is 275 g/mol. The highest BCUT2D eigenvalue weighted by Crippen LogP contribution is 2.32. The van der Waals surface area contributed by atoms with Gasteiger partial charge >= 0.3 is 0 Å². The van der Waals surface area contributed by atoms with Crippen LogP contribution in [0.5, 0.6) is 5.75 Å². The van der Waals surface area contributed by atoms with Gasteiger partial charge in [-0.2, -0.15) is 0 Å². The molecule has 0 bridgehead atoms. The lowest BCUT2D eigenvalue weighted by Gasteiger charge is -2.17. The van der Waals surface area contributed by atoms with E-state index in [4.69, 9.17) is 4.74 Å². The van der Waals surface area contributed by atoms with Gasteiger partial charge in [0.15, 0.2) is 5.78 Å². The van der Waals surface area contributed by atoms with Crippen molar-refractivity contribution < 1.29 is 9.53 Å². The van der Waals surface area contributed by atoms with Gasteiger partial charge < -0.3 is 9.64 Å². The Morgan fingerprint density at radius 3 is 2.70 bits per heavy atom. The highest BCUT2D eigenvalue weighted by Gasteiger charge is 2.21. The number of carbonyl (C=O) groups excluding carboxylic acids is 1. The zero-order chi connectivity index (χ0) is 14.7. The number of aryl methyl sites for hydroxylation is 1. The summed E-state index contributed by atoms with van der Waals surface area (Å²) in [6, 6.07) is 4.25. The number of fused-ring (bicyclic) bond motifs is 1. The van der Waals surface area contributed by atoms with E-state index in [0.717, 1.165) is 37.2 Å². The Kier molecular flexibility index (Phi) is 4.81. The quantitative estimate of drug-likeness (QED) is 0.790. The molecule has 110 valence electrons. The molecule has 0 spiro atoms. The van der Waals surface area contributed by atoms with Gasteiger partial charge in [0.05, 0.1) is 18.7 Å². The van der Waals surface area contributed by atoms with Crippen molar-refractivity contribution in [1.29, 1.82) is 0 Å². The molecule has 0 saturated carbocycles. The SMILES string of the molecule is CC(C)c1cc2c(c(C(=O)CN(C)C)c1)OCCCC2. The second-order valence-corrected chi connectivity index (χ2v) is 6.18. The van der Waals surface area contributed by atoms with E-state index in [9.17, 15) is 4.79 Å². The Balaban J connectivity index is 2.46. The molecule has 0 fully saturated rings. The first kappa shape index (κ1) is 15.0. The van der Waals surface area contributed by atoms with Crippen LogP contribution in [0.2, 0.25) is 0 Å². The van der Waals surface area contributed by atoms with Gasteiger partial charge in [-0.1, -0.05) is 19.9 Å². The van der Waals surface area contributed by atoms with Crippen LogP contribution in [-0.2, 0) is 6.42 Å². The second kappa shape index (κ2) is 6.40. The van der Waals surface area contributed by atoms with Gasteiger partial charge in [0.2, 0.25) is 0 Å². The van der Waals surface area contributed by atoms with Gasteiger partial charge in [-0.05, 0) is 56.5 Å². The van der Waals surface area contributed by atoms with Crippen molar-refractivity contribution in [2.45, 2.75) is 39.0 Å². The number of Topliss-reactive ketones (excluding diaryl/α,β-unsaturated/α-hetero) is 1. The normalized spacial score (nSPS) is 14.9. The molecule has 3 heteroatoms. The maximum absolute atomic E-state index is 12.5. The van der Waals surface area contributed by atoms with Crippen LogP contribution in [0.15, 0.2) is 12.1 Å². The number of likely N-dealkylation sites (N-methyl/N-ethyl adjacent to an activating group) is 1. The summed E-state index contributed by atoms with van der Waals surface area (Å²) < 4.78 is 5.88. The zero-order valence-corrected chi connectivity index (χ0v) is 13.0. The van der Waals surface area contributed by atoms with Crippen molar-refractivity contribution >= 4 is 5.78 Å². The smallest absolute Gasteiger partial charge is 0.180 e. The van der Waals surface area contributed by atoms with Crippen LogP contribution < -0.4 is 4.74 Å². The molecule has 0 amide bonds. The third-order valence-corrected chi connectivity index (χ3v) is 3.70. The highest BCUT2D eigenvalue weighted by molar-refractivity contribution is 6.00. The van der Waals surface area contributed by atoms with Crippen LogP contribution in [0.1, 0.15) is 54.1 Å². The summed E-state index contributed by atoms with van der Waals surface area (Å²) in [7, 11) is 3.84. The Bertz CT molecular complexity index is 492. The Hall–Kier alpha value is -1.35. The molecule has 1 aliphatic heterocycles. The fourth-order valence-electron chi connectivity index (χ4n) is 2.57. The Morgan fingerprint density at radius 2 is 2.05 bits per heavy atom. The largest absolute Gasteiger partial charge is 0.493 e. The predicted molar refractivity (Wildman–Crippen MR) is 81.8 cm³/mol. The number of benzene rings is 1. The minimum atomic E-state index is 0.149. The van der Waals surface area contributed by atoms with Crippen LogP contribution >= 0.6 is 0 Å². The summed E-state index contributed by atoms with van der Waals surface area (Å²) in [5.74, 6) is 1.41. The van der Waals surface area contributed by atoms with E-state index in [0.29, 0.717) is 12.5 Å². The van der Waals surface area contributed by atoms with E-state index in [1.54, 1.807) is 0 Å². The molecule has 20 heavy (non-hydrogen) atoms. The minimum Gasteiger partial charge on any atom is -0.493 e. The van der Waals surface area contributed by atoms with Crippen molar-refractivity contribution in [2.24, 2.45) is 0 Å². The van der Waals surface area contributed by atoms with Crippen molar-refractivity contribution in [3.05, 3.63) is 28.8 Å². The molecule has 3 nitrogen and oxygen atoms in total. The lowest BCUT2D eigenvalue weighted by molar-refractivity contribution is 0.0953. The molecule has 0 aromatic heterocycles. The van der Waals surface area contributed by atoms with E-state index in [1.807, 2.05) is 25.1 Å². The lowest BCUT2D eigenvalue weighted by atomic mass is 9.93. The fourth-order valence-corrected chi connectivity index (χ4v) is 2.57. The summed E-state index contributed by atoms with van der Waals surface area (Å²) >= 11 is 0. The number of rotatable bonds is 4. The molecule has 1 heterocycles. The predicted octanol–water partition coefficient (Wildman–Crippen LogP) is 3.27. The van der Waals surface area contributed by atoms with E-state index in [2.05, 4.69) is 19.9 Å². The summed E-state index contributed by atoms with van der Waals surface area (Å²) in [5.41, 5.74) is 3.20. The van der Waals surface area contributed by atoms with Gasteiger partial charge in [-0.25, -0.2) is 0 Å². The van der Waals surface area contributed by atoms with E-state index < -0.39 is 0 Å². The molecule has 0 aliphatic carbocycles. The Morgan fingerprint density at radius 1 is 1.30 bits per heavy atom. The van der Waals surface area contributed by atoms with Crippen molar-refractivity contribution in [2.75, 3.05) is 27.2 Å². The zero-order valence-electron chi connectivity index (χ0n) is 13.0. The van der Waals surface area contributed by atoms with Crippen LogP contribution in [0.4, 0.5) is 0 Å². The van der Waals surface area contributed by atoms with Gasteiger partial charge in [-0.3, -0.25) is 4.79 Å². The third kappa shape index (κ3) is 3.40. The summed E-state index contributed by atoms with van der Waals surface area (Å²) in [6.07, 6.45) is 3.21. The monoisotopic (exact) mass is 275 g/mol. The lowest BCUT2D eigenvalue weighted by Crippen LogP contribution is -2.22. The van der Waals surface area contributed by atoms with Crippen LogP contribution in [0.25, 0.3) is 0 Å². The van der Waals surface area contributed by atoms with E-state index in [1.165, 1.54) is 11.1 Å². The summed E-state index contributed by atoms with van der Waals surface area (Å²) in [6.45, 7) is 5.48. The molecular formula is C17H25NO2. The van der Waals surface area contributed by atoms with E-state index >= 15 is 0 Å². The van der Waals surface area contributed by atoms with Crippen molar-refractivity contribution in [1.82, 2.24) is 4.90 Å². The molecule has 0 radical (unpaired) electrons. The Labute approximate surface area is 121 Å². The fraction of sp³-hybridized carbons (Fsp3) is 0.588. The molecule has 1 aromatic rings. The molecule has 0 unspecified atom stereocenters. The molecule has 1 aliphatic rings. The topological polar surface area (TPSA) is 29.5 Å². The van der Waals surface area contributed by atoms with Crippen LogP contribution in [-0.4, -0.2) is 37.9 Å². The molecule has 2 rings (SSSR count). The first-order chi connectivity index (χ1) is 9.49. The van der Waals surface area contributed by atoms with Crippen molar-refractivity contribution in [3.63, 3.8) is 0 Å². The third-order valence-electron chi connectivity index (χ3n) is 3.70. The van der Waals surface area contributed by atoms with E-state index in [-0.39, 0.29) is 5.78 Å². The molecule has 1 aromatic carbocycles. The molecule has 0 saturated heterocycles. The number of ketones is 1. The number of ether oxygens (including phenoxy) is 1. The van der Waals surface area contributed by atoms with Crippen LogP contribution in [0, 0.1) is 0 Å². The number of hydrogen-bond donors (Lipinski definition) is 0.